The third-order valence-electron chi connectivity index (χ3n) is 11.7. The second-order valence-corrected chi connectivity index (χ2v) is 14.0. The maximum absolute atomic E-state index is 10.9. The van der Waals surface area contributed by atoms with Crippen LogP contribution in [0.5, 0.6) is 0 Å². The average Bonchev–Trinajstić information content (AvgIpc) is 3.07. The van der Waals surface area contributed by atoms with E-state index in [4.69, 9.17) is 0 Å². The molecule has 0 aromatic heterocycles. The van der Waals surface area contributed by atoms with E-state index in [0.29, 0.717) is 22.7 Å². The number of allylic oxidation sites excluding steroid dienone is 1. The second-order valence-electron chi connectivity index (χ2n) is 14.0. The number of aliphatic hydroxyl groups excluding tert-OH is 1. The fourth-order valence-electron chi connectivity index (χ4n) is 10.2. The van der Waals surface area contributed by atoms with E-state index in [-0.39, 0.29) is 6.10 Å². The smallest absolute Gasteiger partial charge is 0.0574 e. The number of rotatable bonds is 7. The van der Waals surface area contributed by atoms with Crippen LogP contribution in [0.4, 0.5) is 0 Å². The lowest BCUT2D eigenvalue weighted by Gasteiger charge is -2.63. The molecule has 4 fully saturated rings. The topological polar surface area (TPSA) is 20.2 Å². The quantitative estimate of drug-likeness (QED) is 0.391. The largest absolute Gasteiger partial charge is 0.393 e. The van der Waals surface area contributed by atoms with Gasteiger partial charge in [-0.25, -0.2) is 0 Å². The van der Waals surface area contributed by atoms with E-state index in [1.54, 1.807) is 0 Å². The summed E-state index contributed by atoms with van der Waals surface area (Å²) in [5, 5.41) is 10.9. The van der Waals surface area contributed by atoms with Gasteiger partial charge in [0.05, 0.1) is 6.10 Å². The van der Waals surface area contributed by atoms with E-state index >= 15 is 0 Å². The lowest BCUT2D eigenvalue weighted by atomic mass is 9.42. The zero-order valence-electron chi connectivity index (χ0n) is 22.3. The van der Waals surface area contributed by atoms with Gasteiger partial charge in [-0.15, -0.1) is 6.58 Å². The molecule has 1 heteroatoms. The van der Waals surface area contributed by atoms with Crippen molar-refractivity contribution in [2.45, 2.75) is 125 Å². The Morgan fingerprint density at radius 2 is 1.53 bits per heavy atom. The average molecular weight is 443 g/mol. The van der Waals surface area contributed by atoms with Crippen LogP contribution in [0.2, 0.25) is 0 Å². The van der Waals surface area contributed by atoms with Crippen molar-refractivity contribution in [3.8, 4) is 0 Å². The van der Waals surface area contributed by atoms with E-state index < -0.39 is 0 Å². The summed E-state index contributed by atoms with van der Waals surface area (Å²) in [5.41, 5.74) is 2.30. The molecule has 4 rings (SSSR count). The molecule has 10 atom stereocenters. The number of hydrogen-bond donors (Lipinski definition) is 1. The van der Waals surface area contributed by atoms with Gasteiger partial charge in [-0.1, -0.05) is 59.5 Å². The Balaban J connectivity index is 1.49. The molecule has 1 N–H and O–H groups in total. The normalized spacial score (nSPS) is 46.9. The van der Waals surface area contributed by atoms with Crippen molar-refractivity contribution in [1.29, 1.82) is 0 Å². The monoisotopic (exact) mass is 442 g/mol. The number of hydrogen-bond acceptors (Lipinski definition) is 1. The Bertz CT molecular complexity index is 665. The molecular weight excluding hydrogens is 388 g/mol. The van der Waals surface area contributed by atoms with Crippen molar-refractivity contribution in [2.75, 3.05) is 0 Å². The fraction of sp³-hybridized carbons (Fsp3) is 0.935. The van der Waals surface area contributed by atoms with E-state index in [9.17, 15) is 5.11 Å². The maximum atomic E-state index is 10.9. The fourth-order valence-corrected chi connectivity index (χ4v) is 10.2. The predicted molar refractivity (Wildman–Crippen MR) is 137 cm³/mol. The van der Waals surface area contributed by atoms with Crippen LogP contribution < -0.4 is 0 Å². The number of aliphatic hydroxyl groups is 1. The number of fused-ring (bicyclic) bond motifs is 5. The third-order valence-corrected chi connectivity index (χ3v) is 11.7. The summed E-state index contributed by atoms with van der Waals surface area (Å²) in [6.45, 7) is 19.1. The first-order valence-corrected chi connectivity index (χ1v) is 14.4. The first-order valence-electron chi connectivity index (χ1n) is 14.4. The molecule has 0 aromatic rings. The molecule has 4 aliphatic carbocycles. The van der Waals surface area contributed by atoms with Crippen LogP contribution >= 0.6 is 0 Å². The van der Waals surface area contributed by atoms with Crippen LogP contribution in [0, 0.1) is 58.2 Å². The summed E-state index contributed by atoms with van der Waals surface area (Å²) in [6, 6.07) is 0. The van der Waals surface area contributed by atoms with E-state index in [0.717, 1.165) is 48.3 Å². The first kappa shape index (κ1) is 24.8. The van der Waals surface area contributed by atoms with Crippen LogP contribution in [-0.2, 0) is 0 Å². The SMILES string of the molecule is C=C(C)C[C@@H]1[C@H](O)CC[C@@]2(C)[C@H]1CC[C@@H]1[C@@H]2CC[C@]2(C)[C@@H]([C@H](C)CCCC(C)C)CC[C@@H]12. The van der Waals surface area contributed by atoms with Crippen molar-refractivity contribution in [3.63, 3.8) is 0 Å². The van der Waals surface area contributed by atoms with Crippen molar-refractivity contribution >= 4 is 0 Å². The van der Waals surface area contributed by atoms with E-state index in [1.807, 2.05) is 0 Å². The molecule has 4 aliphatic rings. The molecule has 0 amide bonds. The summed E-state index contributed by atoms with van der Waals surface area (Å²) >= 11 is 0. The minimum absolute atomic E-state index is 0.0993. The molecule has 0 radical (unpaired) electrons. The molecule has 0 aromatic carbocycles. The van der Waals surface area contributed by atoms with Gasteiger partial charge < -0.3 is 5.11 Å². The van der Waals surface area contributed by atoms with Crippen LogP contribution in [0.15, 0.2) is 12.2 Å². The summed E-state index contributed by atoms with van der Waals surface area (Å²) in [6.07, 6.45) is 16.2. The Morgan fingerprint density at radius 1 is 0.875 bits per heavy atom. The summed E-state index contributed by atoms with van der Waals surface area (Å²) in [5.74, 6) is 6.68. The van der Waals surface area contributed by atoms with Gasteiger partial charge in [0, 0.05) is 0 Å². The van der Waals surface area contributed by atoms with Gasteiger partial charge in [-0.05, 0) is 123 Å². The maximum Gasteiger partial charge on any atom is 0.0574 e. The van der Waals surface area contributed by atoms with Crippen molar-refractivity contribution < 1.29 is 5.11 Å². The third kappa shape index (κ3) is 4.27. The zero-order chi connectivity index (χ0) is 23.3. The van der Waals surface area contributed by atoms with E-state index in [1.165, 1.54) is 69.8 Å². The van der Waals surface area contributed by atoms with Gasteiger partial charge in [-0.2, -0.15) is 0 Å². The molecule has 0 bridgehead atoms. The van der Waals surface area contributed by atoms with E-state index in [2.05, 4.69) is 48.1 Å². The molecule has 1 nitrogen and oxygen atoms in total. The van der Waals surface area contributed by atoms with Gasteiger partial charge in [0.15, 0.2) is 0 Å². The molecular formula is C31H54O. The van der Waals surface area contributed by atoms with Gasteiger partial charge in [-0.3, -0.25) is 0 Å². The van der Waals surface area contributed by atoms with Crippen LogP contribution in [0.3, 0.4) is 0 Å². The predicted octanol–water partition coefficient (Wildman–Crippen LogP) is 8.66. The molecule has 0 heterocycles. The standard InChI is InChI=1S/C31H54O/c1-20(2)9-8-10-22(5)25-13-14-26-23-11-12-27-24(19-21(3)4)29(32)16-18-31(27,7)28(23)15-17-30(25,26)6/h20,22-29,32H,3,8-19H2,1-2,4-7H3/t22-,23+,24+,25-,26+,27+,28+,29-,30-,31+/m1/s1. The van der Waals surface area contributed by atoms with Crippen LogP contribution in [0.25, 0.3) is 0 Å². The summed E-state index contributed by atoms with van der Waals surface area (Å²) in [7, 11) is 0. The molecule has 0 unspecified atom stereocenters. The van der Waals surface area contributed by atoms with Gasteiger partial charge in [0.2, 0.25) is 0 Å². The molecule has 4 saturated carbocycles. The zero-order valence-corrected chi connectivity index (χ0v) is 22.3. The summed E-state index contributed by atoms with van der Waals surface area (Å²) in [4.78, 5) is 0. The molecule has 0 aliphatic heterocycles. The molecule has 32 heavy (non-hydrogen) atoms. The van der Waals surface area contributed by atoms with Crippen molar-refractivity contribution in [3.05, 3.63) is 12.2 Å². The first-order chi connectivity index (χ1) is 15.1. The van der Waals surface area contributed by atoms with Gasteiger partial charge in [0.1, 0.15) is 0 Å². The Hall–Kier alpha value is -0.300. The highest BCUT2D eigenvalue weighted by Gasteiger charge is 2.61. The minimum Gasteiger partial charge on any atom is -0.393 e. The van der Waals surface area contributed by atoms with Gasteiger partial charge in [0.25, 0.3) is 0 Å². The molecule has 0 saturated heterocycles. The highest BCUT2D eigenvalue weighted by atomic mass is 16.3. The van der Waals surface area contributed by atoms with Crippen LogP contribution in [-0.4, -0.2) is 11.2 Å². The molecule has 184 valence electrons. The van der Waals surface area contributed by atoms with Crippen molar-refractivity contribution in [1.82, 2.24) is 0 Å². The highest BCUT2D eigenvalue weighted by Crippen LogP contribution is 2.69. The lowest BCUT2D eigenvalue weighted by Crippen LogP contribution is -2.56. The second kappa shape index (κ2) is 9.39. The Kier molecular flexibility index (Phi) is 7.28. The van der Waals surface area contributed by atoms with Crippen molar-refractivity contribution in [2.24, 2.45) is 58.2 Å². The Morgan fingerprint density at radius 3 is 2.22 bits per heavy atom. The summed E-state index contributed by atoms with van der Waals surface area (Å²) < 4.78 is 0. The lowest BCUT2D eigenvalue weighted by molar-refractivity contribution is -0.152. The van der Waals surface area contributed by atoms with Crippen LogP contribution in [0.1, 0.15) is 119 Å². The minimum atomic E-state index is -0.0993. The molecule has 0 spiro atoms. The Labute approximate surface area is 200 Å². The van der Waals surface area contributed by atoms with Gasteiger partial charge >= 0.3 is 0 Å². The highest BCUT2D eigenvalue weighted by molar-refractivity contribution is 5.12.